The van der Waals surface area contributed by atoms with Crippen LogP contribution in [-0.2, 0) is 25.0 Å². The Labute approximate surface area is 281 Å². The third-order valence-corrected chi connectivity index (χ3v) is 11.8. The van der Waals surface area contributed by atoms with E-state index in [0.29, 0.717) is 61.7 Å². The average molecular weight is 670 g/mol. The number of ether oxygens (including phenoxy) is 3. The first-order valence-corrected chi connectivity index (χ1v) is 17.5. The van der Waals surface area contributed by atoms with Gasteiger partial charge in [0.1, 0.15) is 23.7 Å². The van der Waals surface area contributed by atoms with Crippen molar-refractivity contribution >= 4 is 29.2 Å². The fourth-order valence-electron chi connectivity index (χ4n) is 8.55. The van der Waals surface area contributed by atoms with Gasteiger partial charge in [-0.3, -0.25) is 9.59 Å². The Kier molecular flexibility index (Phi) is 8.99. The number of amides is 1. The third-order valence-electron chi connectivity index (χ3n) is 11.8. The Morgan fingerprint density at radius 3 is 2.40 bits per heavy atom. The summed E-state index contributed by atoms with van der Waals surface area (Å²) in [5.74, 6) is -5.16. The van der Waals surface area contributed by atoms with Gasteiger partial charge in [-0.2, -0.15) is 8.78 Å². The van der Waals surface area contributed by atoms with Crippen LogP contribution in [0.15, 0.2) is 18.2 Å². The zero-order chi connectivity index (χ0) is 34.6. The van der Waals surface area contributed by atoms with Gasteiger partial charge in [-0.15, -0.1) is 0 Å². The maximum Gasteiger partial charge on any atom is 0.307 e. The highest BCUT2D eigenvalue weighted by Crippen LogP contribution is 2.65. The summed E-state index contributed by atoms with van der Waals surface area (Å²) >= 11 is 0. The topological polar surface area (TPSA) is 108 Å². The van der Waals surface area contributed by atoms with Gasteiger partial charge in [0.2, 0.25) is 11.8 Å². The molecule has 0 unspecified atom stereocenters. The van der Waals surface area contributed by atoms with Gasteiger partial charge in [0, 0.05) is 17.4 Å². The maximum absolute atomic E-state index is 16.9. The molecule has 6 atom stereocenters. The van der Waals surface area contributed by atoms with E-state index >= 15 is 8.78 Å². The summed E-state index contributed by atoms with van der Waals surface area (Å²) in [6.45, 7) is 9.49. The number of hydrogen-bond acceptors (Lipinski definition) is 8. The van der Waals surface area contributed by atoms with Crippen LogP contribution in [0.2, 0.25) is 0 Å². The second-order valence-corrected chi connectivity index (χ2v) is 15.8. The van der Waals surface area contributed by atoms with Crippen molar-refractivity contribution in [2.45, 2.75) is 122 Å². The lowest BCUT2D eigenvalue weighted by Gasteiger charge is -2.36. The fraction of sp³-hybridized carbons (Fsp3) is 0.703. The van der Waals surface area contributed by atoms with Crippen LogP contribution < -0.4 is 9.47 Å². The molecule has 0 N–H and O–H groups in total. The van der Waals surface area contributed by atoms with E-state index in [1.54, 1.807) is 18.2 Å². The highest BCUT2D eigenvalue weighted by molar-refractivity contribution is 5.87. The monoisotopic (exact) mass is 669 g/mol. The molecular formula is C37H49F2N3O6. The summed E-state index contributed by atoms with van der Waals surface area (Å²) in [5, 5.41) is 0. The van der Waals surface area contributed by atoms with Gasteiger partial charge in [-0.25, -0.2) is 9.97 Å². The summed E-state index contributed by atoms with van der Waals surface area (Å²) in [6, 6.07) is 4.05. The summed E-state index contributed by atoms with van der Waals surface area (Å²) in [7, 11) is 1.51. The molecule has 1 spiro atoms. The fourth-order valence-corrected chi connectivity index (χ4v) is 8.55. The molecule has 2 bridgehead atoms. The van der Waals surface area contributed by atoms with E-state index in [-0.39, 0.29) is 30.7 Å². The standard InChI is InChI=1S/C37H49F2N3O6/c1-7-24-28(21-43)42-20-29(24)47-32-31(40-26-13-12-23(46-6)18-27(26)41-32)37(38,39)36(16-17-36)15-9-11-22-10-8-14-35(22,5)48-30(44)19-25(33(42)45)34(2,3)4/h12-13,18,21-22,24-25,28-29H,7-11,14-17,19-20H2,1-6H3/t22-,24-,25+,28+,29-,35+/m0/s1. The smallest absolute Gasteiger partial charge is 0.307 e. The van der Waals surface area contributed by atoms with Gasteiger partial charge in [-0.1, -0.05) is 34.1 Å². The number of halogens is 2. The van der Waals surface area contributed by atoms with E-state index in [1.807, 2.05) is 34.6 Å². The van der Waals surface area contributed by atoms with Crippen molar-refractivity contribution in [1.29, 1.82) is 0 Å². The number of fused-ring (bicyclic) bond motifs is 5. The Bertz CT molecular complexity index is 1570. The molecule has 262 valence electrons. The first kappa shape index (κ1) is 34.5. The summed E-state index contributed by atoms with van der Waals surface area (Å²) < 4.78 is 51.9. The van der Waals surface area contributed by atoms with Gasteiger partial charge in [-0.05, 0) is 81.8 Å². The lowest BCUT2D eigenvalue weighted by atomic mass is 9.77. The van der Waals surface area contributed by atoms with Gasteiger partial charge < -0.3 is 23.9 Å². The molecule has 11 heteroatoms. The molecule has 0 radical (unpaired) electrons. The zero-order valence-electron chi connectivity index (χ0n) is 29.0. The average Bonchev–Trinajstić information content (AvgIpc) is 3.64. The molecule has 3 heterocycles. The van der Waals surface area contributed by atoms with Crippen molar-refractivity contribution < 1.29 is 37.4 Å². The van der Waals surface area contributed by atoms with Gasteiger partial charge in [0.05, 0.1) is 43.1 Å². The van der Waals surface area contributed by atoms with Gasteiger partial charge in [0.15, 0.2) is 5.69 Å². The number of nitrogens with zero attached hydrogens (tertiary/aromatic N) is 3. The predicted octanol–water partition coefficient (Wildman–Crippen LogP) is 7.03. The Morgan fingerprint density at radius 1 is 1.06 bits per heavy atom. The third kappa shape index (κ3) is 6.04. The lowest BCUT2D eigenvalue weighted by molar-refractivity contribution is -0.167. The van der Waals surface area contributed by atoms with E-state index in [4.69, 9.17) is 14.2 Å². The molecule has 2 aliphatic heterocycles. The highest BCUT2D eigenvalue weighted by Gasteiger charge is 2.64. The molecule has 1 amide bonds. The normalized spacial score (nSPS) is 32.1. The lowest BCUT2D eigenvalue weighted by Crippen LogP contribution is -2.47. The summed E-state index contributed by atoms with van der Waals surface area (Å²) in [5.41, 5.74) is -2.51. The largest absolute Gasteiger partial charge is 0.497 e. The molecule has 2 aromatic rings. The molecule has 48 heavy (non-hydrogen) atoms. The number of benzene rings is 1. The molecule has 3 fully saturated rings. The molecular weight excluding hydrogens is 620 g/mol. The summed E-state index contributed by atoms with van der Waals surface area (Å²) in [4.78, 5) is 51.2. The Hall–Kier alpha value is -3.37. The van der Waals surface area contributed by atoms with Crippen LogP contribution in [0.1, 0.15) is 105 Å². The molecule has 1 saturated heterocycles. The number of esters is 1. The quantitative estimate of drug-likeness (QED) is 0.253. The van der Waals surface area contributed by atoms with Crippen LogP contribution in [0.3, 0.4) is 0 Å². The number of carbonyl (C=O) groups is 3. The van der Waals surface area contributed by atoms with E-state index < -0.39 is 58.0 Å². The SMILES string of the molecule is CC[C@@H]1[C@@H]2CN(C(=O)[C@H](C(C)(C)C)CC(=O)O[C@]3(C)CCC[C@H]3CCCC3(CC3)C(F)(F)c3nc4ccc(OC)cc4nc3O2)[C@@H]1C=O. The minimum absolute atomic E-state index is 0.0177. The van der Waals surface area contributed by atoms with Gasteiger partial charge in [0.25, 0.3) is 0 Å². The van der Waals surface area contributed by atoms with Crippen LogP contribution in [-0.4, -0.2) is 64.4 Å². The first-order valence-electron chi connectivity index (χ1n) is 17.5. The number of alkyl halides is 2. The first-order chi connectivity index (χ1) is 22.7. The zero-order valence-corrected chi connectivity index (χ0v) is 29.0. The van der Waals surface area contributed by atoms with Crippen molar-refractivity contribution in [3.8, 4) is 11.6 Å². The van der Waals surface area contributed by atoms with Crippen molar-refractivity contribution in [1.82, 2.24) is 14.9 Å². The molecule has 9 nitrogen and oxygen atoms in total. The molecule has 1 aromatic carbocycles. The van der Waals surface area contributed by atoms with Crippen LogP contribution in [0.4, 0.5) is 8.78 Å². The van der Waals surface area contributed by atoms with Crippen LogP contribution in [0.25, 0.3) is 11.0 Å². The Morgan fingerprint density at radius 2 is 1.77 bits per heavy atom. The number of hydrogen-bond donors (Lipinski definition) is 0. The van der Waals surface area contributed by atoms with Gasteiger partial charge >= 0.3 is 11.9 Å². The second kappa shape index (κ2) is 12.5. The number of methoxy groups -OCH3 is 1. The van der Waals surface area contributed by atoms with E-state index in [0.717, 1.165) is 19.1 Å². The van der Waals surface area contributed by atoms with Crippen molar-refractivity contribution in [3.05, 3.63) is 23.9 Å². The van der Waals surface area contributed by atoms with Crippen molar-refractivity contribution in [3.63, 3.8) is 0 Å². The highest BCUT2D eigenvalue weighted by atomic mass is 19.3. The van der Waals surface area contributed by atoms with E-state index in [2.05, 4.69) is 9.97 Å². The minimum atomic E-state index is -3.35. The van der Waals surface area contributed by atoms with Crippen molar-refractivity contribution in [2.24, 2.45) is 28.6 Å². The molecule has 1 aromatic heterocycles. The predicted molar refractivity (Wildman–Crippen MR) is 175 cm³/mol. The number of aromatic nitrogens is 2. The maximum atomic E-state index is 16.9. The second-order valence-electron chi connectivity index (χ2n) is 15.8. The summed E-state index contributed by atoms with van der Waals surface area (Å²) in [6.07, 6.45) is 4.88. The molecule has 2 saturated carbocycles. The minimum Gasteiger partial charge on any atom is -0.497 e. The number of aldehydes is 1. The molecule has 6 rings (SSSR count). The number of rotatable bonds is 3. The molecule has 4 aliphatic rings. The van der Waals surface area contributed by atoms with Crippen LogP contribution in [0, 0.1) is 28.6 Å². The van der Waals surface area contributed by atoms with E-state index in [1.165, 1.54) is 12.0 Å². The number of carbonyl (C=O) groups excluding carboxylic acids is 3. The van der Waals surface area contributed by atoms with E-state index in [9.17, 15) is 14.4 Å². The van der Waals surface area contributed by atoms with Crippen molar-refractivity contribution in [2.75, 3.05) is 13.7 Å². The Balaban J connectivity index is 1.47. The van der Waals surface area contributed by atoms with Crippen LogP contribution in [0.5, 0.6) is 11.6 Å². The molecule has 2 aliphatic carbocycles. The van der Waals surface area contributed by atoms with Crippen LogP contribution >= 0.6 is 0 Å².